The van der Waals surface area contributed by atoms with Gasteiger partial charge in [-0.1, -0.05) is 26.0 Å². The summed E-state index contributed by atoms with van der Waals surface area (Å²) in [5, 5.41) is 0. The summed E-state index contributed by atoms with van der Waals surface area (Å²) >= 11 is 0. The number of carbonyl (C=O) groups is 2. The third kappa shape index (κ3) is 1.94. The van der Waals surface area contributed by atoms with Gasteiger partial charge in [-0.3, -0.25) is 9.59 Å². The zero-order chi connectivity index (χ0) is 14.3. The molecule has 0 N–H and O–H groups in total. The molecule has 0 bridgehead atoms. The molecule has 3 rings (SSSR count). The lowest BCUT2D eigenvalue weighted by Gasteiger charge is -2.39. The van der Waals surface area contributed by atoms with Gasteiger partial charge in [0.1, 0.15) is 0 Å². The lowest BCUT2D eigenvalue weighted by atomic mass is 9.64. The summed E-state index contributed by atoms with van der Waals surface area (Å²) < 4.78 is 0. The number of ketones is 2. The first-order valence-electron chi connectivity index (χ1n) is 7.54. The van der Waals surface area contributed by atoms with Crippen molar-refractivity contribution in [3.05, 3.63) is 46.6 Å². The molecule has 0 aromatic heterocycles. The van der Waals surface area contributed by atoms with E-state index in [1.54, 1.807) is 12.2 Å². The van der Waals surface area contributed by atoms with Crippen LogP contribution in [-0.4, -0.2) is 11.6 Å². The third-order valence-corrected chi connectivity index (χ3v) is 4.79. The molecule has 0 aromatic carbocycles. The summed E-state index contributed by atoms with van der Waals surface area (Å²) in [7, 11) is 0. The van der Waals surface area contributed by atoms with Gasteiger partial charge in [-0.2, -0.15) is 0 Å². The Balaban J connectivity index is 2.20. The van der Waals surface area contributed by atoms with Gasteiger partial charge in [-0.15, -0.1) is 0 Å². The van der Waals surface area contributed by atoms with Crippen LogP contribution in [0.25, 0.3) is 0 Å². The molecular formula is C18H20O2. The summed E-state index contributed by atoms with van der Waals surface area (Å²) in [6, 6.07) is 0. The number of fused-ring (bicyclic) bond motifs is 3. The van der Waals surface area contributed by atoms with E-state index in [1.165, 1.54) is 22.3 Å². The molecule has 0 aliphatic heterocycles. The summed E-state index contributed by atoms with van der Waals surface area (Å²) in [4.78, 5) is 23.6. The van der Waals surface area contributed by atoms with Crippen LogP contribution in [0.15, 0.2) is 46.6 Å². The van der Waals surface area contributed by atoms with E-state index in [2.05, 4.69) is 13.8 Å². The summed E-state index contributed by atoms with van der Waals surface area (Å²) in [6.45, 7) is 4.36. The van der Waals surface area contributed by atoms with Crippen molar-refractivity contribution < 1.29 is 9.59 Å². The summed E-state index contributed by atoms with van der Waals surface area (Å²) in [6.07, 6.45) is 10.5. The third-order valence-electron chi connectivity index (χ3n) is 4.79. The van der Waals surface area contributed by atoms with Gasteiger partial charge in [-0.05, 0) is 59.1 Å². The highest BCUT2D eigenvalue weighted by Gasteiger charge is 2.38. The number of carbonyl (C=O) groups excluding carboxylic acids is 2. The standard InChI is InChI=1S/C18H20O2/c1-3-13-14(4-2)16-8-6-12(20)10-18(16)17-9-11(19)5-7-15(13)17/h5-8,17-18H,3-4,9-10H2,1-2H3. The number of hydrogen-bond acceptors (Lipinski definition) is 2. The molecule has 3 aliphatic rings. The SMILES string of the molecule is CCC1=C2C=CC(=O)CC2C2CC(=O)C=CC2=C1CC. The Kier molecular flexibility index (Phi) is 3.33. The molecule has 0 saturated carbocycles. The molecule has 0 amide bonds. The van der Waals surface area contributed by atoms with E-state index >= 15 is 0 Å². The summed E-state index contributed by atoms with van der Waals surface area (Å²) in [5.41, 5.74) is 5.40. The number of allylic oxidation sites excluding steroid dienone is 8. The largest absolute Gasteiger partial charge is 0.295 e. The maximum atomic E-state index is 11.8. The van der Waals surface area contributed by atoms with E-state index in [9.17, 15) is 9.59 Å². The topological polar surface area (TPSA) is 34.1 Å². The van der Waals surface area contributed by atoms with Crippen molar-refractivity contribution in [3.8, 4) is 0 Å². The van der Waals surface area contributed by atoms with E-state index in [-0.39, 0.29) is 23.4 Å². The molecule has 0 radical (unpaired) electrons. The van der Waals surface area contributed by atoms with E-state index in [0.717, 1.165) is 12.8 Å². The fourth-order valence-electron chi connectivity index (χ4n) is 3.95. The van der Waals surface area contributed by atoms with Crippen LogP contribution in [0, 0.1) is 11.8 Å². The highest BCUT2D eigenvalue weighted by molar-refractivity contribution is 5.94. The lowest BCUT2D eigenvalue weighted by molar-refractivity contribution is -0.118. The molecule has 0 saturated heterocycles. The predicted octanol–water partition coefficient (Wildman–Crippen LogP) is 3.70. The van der Waals surface area contributed by atoms with Crippen LogP contribution < -0.4 is 0 Å². The fraction of sp³-hybridized carbons (Fsp3) is 0.444. The van der Waals surface area contributed by atoms with Gasteiger partial charge in [0.05, 0.1) is 0 Å². The van der Waals surface area contributed by atoms with Gasteiger partial charge in [0, 0.05) is 12.8 Å². The highest BCUT2D eigenvalue weighted by Crippen LogP contribution is 2.47. The van der Waals surface area contributed by atoms with Crippen molar-refractivity contribution in [2.45, 2.75) is 39.5 Å². The van der Waals surface area contributed by atoms with E-state index in [1.807, 2.05) is 12.2 Å². The minimum absolute atomic E-state index is 0.190. The van der Waals surface area contributed by atoms with Crippen LogP contribution in [0.2, 0.25) is 0 Å². The molecule has 2 heteroatoms. The fourth-order valence-corrected chi connectivity index (χ4v) is 3.95. The molecule has 2 atom stereocenters. The minimum atomic E-state index is 0.190. The maximum absolute atomic E-state index is 11.8. The minimum Gasteiger partial charge on any atom is -0.295 e. The first-order chi connectivity index (χ1) is 9.65. The van der Waals surface area contributed by atoms with Gasteiger partial charge in [0.25, 0.3) is 0 Å². The zero-order valence-corrected chi connectivity index (χ0v) is 12.1. The Morgan fingerprint density at radius 2 is 1.20 bits per heavy atom. The molecule has 0 fully saturated rings. The number of hydrogen-bond donors (Lipinski definition) is 0. The molecule has 0 spiro atoms. The molecule has 20 heavy (non-hydrogen) atoms. The molecule has 3 aliphatic carbocycles. The molecule has 0 heterocycles. The van der Waals surface area contributed by atoms with Crippen LogP contribution in [0.5, 0.6) is 0 Å². The van der Waals surface area contributed by atoms with Crippen molar-refractivity contribution in [1.29, 1.82) is 0 Å². The smallest absolute Gasteiger partial charge is 0.156 e. The van der Waals surface area contributed by atoms with Gasteiger partial charge in [0.2, 0.25) is 0 Å². The van der Waals surface area contributed by atoms with Gasteiger partial charge >= 0.3 is 0 Å². The van der Waals surface area contributed by atoms with Crippen molar-refractivity contribution in [1.82, 2.24) is 0 Å². The van der Waals surface area contributed by atoms with E-state index < -0.39 is 0 Å². The van der Waals surface area contributed by atoms with Crippen LogP contribution in [0.4, 0.5) is 0 Å². The second kappa shape index (κ2) is 5.01. The van der Waals surface area contributed by atoms with Crippen molar-refractivity contribution in [2.75, 3.05) is 0 Å². The quantitative estimate of drug-likeness (QED) is 0.765. The average Bonchev–Trinajstić information content (AvgIpc) is 2.45. The van der Waals surface area contributed by atoms with Crippen LogP contribution in [0.1, 0.15) is 39.5 Å². The Morgan fingerprint density at radius 1 is 0.800 bits per heavy atom. The van der Waals surface area contributed by atoms with Gasteiger partial charge in [-0.25, -0.2) is 0 Å². The highest BCUT2D eigenvalue weighted by atomic mass is 16.1. The van der Waals surface area contributed by atoms with Crippen molar-refractivity contribution in [3.63, 3.8) is 0 Å². The Morgan fingerprint density at radius 3 is 1.55 bits per heavy atom. The Hall–Kier alpha value is -1.70. The maximum Gasteiger partial charge on any atom is 0.156 e. The Labute approximate surface area is 119 Å². The van der Waals surface area contributed by atoms with Crippen LogP contribution in [-0.2, 0) is 9.59 Å². The first-order valence-corrected chi connectivity index (χ1v) is 7.54. The first kappa shape index (κ1) is 13.3. The molecular weight excluding hydrogens is 248 g/mol. The zero-order valence-electron chi connectivity index (χ0n) is 12.1. The van der Waals surface area contributed by atoms with Gasteiger partial charge < -0.3 is 0 Å². The van der Waals surface area contributed by atoms with E-state index in [0.29, 0.717) is 12.8 Å². The predicted molar refractivity (Wildman–Crippen MR) is 79.1 cm³/mol. The lowest BCUT2D eigenvalue weighted by Crippen LogP contribution is -2.31. The van der Waals surface area contributed by atoms with Crippen LogP contribution >= 0.6 is 0 Å². The second-order valence-electron chi connectivity index (χ2n) is 5.80. The van der Waals surface area contributed by atoms with Gasteiger partial charge in [0.15, 0.2) is 11.6 Å². The van der Waals surface area contributed by atoms with Crippen molar-refractivity contribution >= 4 is 11.6 Å². The molecule has 0 aromatic rings. The molecule has 2 unspecified atom stereocenters. The second-order valence-corrected chi connectivity index (χ2v) is 5.80. The number of rotatable bonds is 2. The molecule has 104 valence electrons. The van der Waals surface area contributed by atoms with Crippen LogP contribution in [0.3, 0.4) is 0 Å². The van der Waals surface area contributed by atoms with Crippen molar-refractivity contribution in [2.24, 2.45) is 11.8 Å². The summed E-state index contributed by atoms with van der Waals surface area (Å²) in [5.74, 6) is 0.800. The monoisotopic (exact) mass is 268 g/mol. The normalized spacial score (nSPS) is 28.9. The average molecular weight is 268 g/mol. The Bertz CT molecular complexity index is 539. The van der Waals surface area contributed by atoms with E-state index in [4.69, 9.17) is 0 Å². The molecule has 2 nitrogen and oxygen atoms in total.